The Balaban J connectivity index is 0.000000154. The second kappa shape index (κ2) is 44.0. The van der Waals surface area contributed by atoms with Gasteiger partial charge in [0.2, 0.25) is 21.8 Å². The van der Waals surface area contributed by atoms with Crippen molar-refractivity contribution in [3.8, 4) is 17.2 Å². The summed E-state index contributed by atoms with van der Waals surface area (Å²) in [4.78, 5) is 91.8. The van der Waals surface area contributed by atoms with E-state index in [-0.39, 0.29) is 110 Å². The number of ether oxygens (including phenoxy) is 4. The SMILES string of the molecule is COC(=O)c1cc(Nc2nc(Cl)nc3ccoc23)n[nH]1.COc1cccc(N)c1.COc1cccc(NC(=O)c2cc(Nc3nc(Cl)nc4ccoc34)n[nH]2)c1.COc1cccc(NC(=O)c2cc(Nc3nc(N4CCCC4c4ccccn4)nc4ccoc34)n[nH]2)c1.Cl.O=C(O)c1cc(Nc2nc(Cl)nc3ccoc23)n[nH]1.[Na+].[OH-].c1ccc(C2CCCN2)nc1. The molecule has 17 aromatic rings. The van der Waals surface area contributed by atoms with Crippen LogP contribution >= 0.6 is 47.2 Å². The number of halogens is 4. The van der Waals surface area contributed by atoms with Gasteiger partial charge in [0.05, 0.1) is 70.9 Å². The average molecular weight is 1800 g/mol. The van der Waals surface area contributed by atoms with Crippen molar-refractivity contribution in [3.05, 3.63) is 245 Å². The van der Waals surface area contributed by atoms with Crippen molar-refractivity contribution in [1.29, 1.82) is 0 Å². The number of H-pyrrole nitrogens is 4. The molecule has 41 nitrogen and oxygen atoms in total. The molecule has 3 aromatic carbocycles. The molecule has 126 heavy (non-hydrogen) atoms. The summed E-state index contributed by atoms with van der Waals surface area (Å²) in [6, 6.07) is 46.8. The molecule has 2 fully saturated rings. The number of pyridine rings is 2. The summed E-state index contributed by atoms with van der Waals surface area (Å²) >= 11 is 17.5. The van der Waals surface area contributed by atoms with E-state index >= 15 is 0 Å². The number of carboxylic acid groups (broad SMARTS) is 1. The number of benzene rings is 3. The summed E-state index contributed by atoms with van der Waals surface area (Å²) in [6.45, 7) is 1.96. The van der Waals surface area contributed by atoms with Crippen LogP contribution in [0.1, 0.15) is 91.1 Å². The molecule has 642 valence electrons. The molecule has 2 aliphatic heterocycles. The van der Waals surface area contributed by atoms with Crippen LogP contribution in [0.25, 0.3) is 44.4 Å². The number of nitrogen functional groups attached to an aromatic ring is 1. The number of hydrogen-bond acceptors (Lipinski definition) is 34. The Hall–Kier alpha value is -14.6. The molecule has 15 N–H and O–H groups in total. The minimum absolute atomic E-state index is 0. The fourth-order valence-electron chi connectivity index (χ4n) is 12.3. The molecule has 2 atom stereocenters. The van der Waals surface area contributed by atoms with E-state index in [4.69, 9.17) is 87.5 Å². The molecule has 2 unspecified atom stereocenters. The summed E-state index contributed by atoms with van der Waals surface area (Å²) in [6.07, 6.45) is 14.1. The van der Waals surface area contributed by atoms with E-state index in [0.29, 0.717) is 120 Å². The number of hydrogen-bond donors (Lipinski definition) is 13. The first-order chi connectivity index (χ1) is 59.9. The fourth-order valence-corrected chi connectivity index (χ4v) is 12.8. The predicted octanol–water partition coefficient (Wildman–Crippen LogP) is 12.5. The van der Waals surface area contributed by atoms with Gasteiger partial charge in [-0.1, -0.05) is 30.3 Å². The maximum absolute atomic E-state index is 12.7. The first kappa shape index (κ1) is 92.2. The average Bonchev–Trinajstić information content (AvgIpc) is 1.62. The standard InChI is InChI=1S/C26H24N8O3.C17H13ClN6O3.C11H8ClN5O3.C10H6ClN5O3.C9H12N2.C7H9NO.ClH.Na.H2O/c1-36-17-7-4-6-16(14-17)28-25(35)20-15-22(33-32-20)30-24-23-19(10-13-37-23)29-26(31-24)34-12-5-9-21(34)18-8-2-3-11-27-18;1-26-10-4-2-3-9(7-10)19-16(25)12-8-13(24-23-12)21-15-14-11(5-6-27-14)20-17(18)22-15;1-19-10(18)6-4-7(17-16-6)14-9-8-5(2-3-20-8)13-11(12)15-9;11-10-12-4-1-2-19-7(4)8(14-10)13-6-3-5(9(17)18)15-16-6;1-2-6-10-8(4-1)9-5-3-7-11-9;1-9-7-4-2-3-6(8)5-7;;;/h2-4,6-8,10-11,13-15,21H,5,9,12H2,1H3,(H,28,35)(H2,29,30,31,32,33);2-8H,1H3,(H,19,25)(H2,20,21,22,23,24);2-4H,1H3,(H2,13,14,15,16,17);1-3H,(H,17,18)(H2,12,13,14,15,16);1-2,4,6,9,11H,3,5,7H2;2-5H,8H2,1H3;1H;;1H2/q;;;;;;;+1;/p-1. The largest absolute Gasteiger partial charge is 1.00 e. The number of fused-ring (bicyclic) bond motifs is 4. The fraction of sp³-hybridized carbons (Fsp3) is 0.150. The summed E-state index contributed by atoms with van der Waals surface area (Å²) in [5, 5.41) is 56.2. The predicted molar refractivity (Wildman–Crippen MR) is 464 cm³/mol. The van der Waals surface area contributed by atoms with E-state index in [0.717, 1.165) is 43.1 Å². The Morgan fingerprint density at radius 1 is 0.476 bits per heavy atom. The number of furan rings is 4. The minimum Gasteiger partial charge on any atom is -0.870 e. The first-order valence-electron chi connectivity index (χ1n) is 37.1. The molecule has 14 aromatic heterocycles. The van der Waals surface area contributed by atoms with Gasteiger partial charge in [-0.2, -0.15) is 40.3 Å². The third kappa shape index (κ3) is 23.8. The van der Waals surface area contributed by atoms with Gasteiger partial charge in [0.25, 0.3) is 11.8 Å². The first-order valence-corrected chi connectivity index (χ1v) is 38.2. The van der Waals surface area contributed by atoms with E-state index in [1.54, 1.807) is 125 Å². The molecule has 16 heterocycles. The number of carbonyl (C=O) groups excluding carboxylic acids is 3. The topological polar surface area (TPSA) is 565 Å². The second-order valence-corrected chi connectivity index (χ2v) is 27.1. The van der Waals surface area contributed by atoms with Gasteiger partial charge in [0.15, 0.2) is 68.9 Å². The molecule has 0 radical (unpaired) electrons. The van der Waals surface area contributed by atoms with Gasteiger partial charge in [0.1, 0.15) is 62.1 Å². The molecule has 0 bridgehead atoms. The number of rotatable bonds is 20. The molecule has 2 amide bonds. The van der Waals surface area contributed by atoms with Crippen LogP contribution in [0, 0.1) is 0 Å². The third-order valence-corrected chi connectivity index (χ3v) is 18.4. The third-order valence-electron chi connectivity index (χ3n) is 17.9. The number of amides is 2. The van der Waals surface area contributed by atoms with Gasteiger partial charge in [-0.3, -0.25) is 40.0 Å². The molecule has 0 spiro atoms. The van der Waals surface area contributed by atoms with Crippen molar-refractivity contribution >= 4 is 185 Å². The van der Waals surface area contributed by atoms with Crippen LogP contribution in [0.2, 0.25) is 15.9 Å². The number of esters is 1. The van der Waals surface area contributed by atoms with Crippen LogP contribution < -0.4 is 91.6 Å². The van der Waals surface area contributed by atoms with E-state index in [9.17, 15) is 19.2 Å². The maximum atomic E-state index is 12.7. The molecule has 19 rings (SSSR count). The molecular formula is C80H74Cl4N27NaO14. The zero-order valence-electron chi connectivity index (χ0n) is 67.0. The summed E-state index contributed by atoms with van der Waals surface area (Å²) < 4.78 is 41.4. The molecule has 2 saturated heterocycles. The van der Waals surface area contributed by atoms with Gasteiger partial charge in [-0.05, 0) is 128 Å². The van der Waals surface area contributed by atoms with Crippen LogP contribution in [-0.4, -0.2) is 166 Å². The summed E-state index contributed by atoms with van der Waals surface area (Å²) in [7, 11) is 6.04. The Morgan fingerprint density at radius 2 is 0.889 bits per heavy atom. The van der Waals surface area contributed by atoms with Crippen molar-refractivity contribution in [2.45, 2.75) is 37.8 Å². The zero-order valence-corrected chi connectivity index (χ0v) is 72.1. The Morgan fingerprint density at radius 3 is 1.29 bits per heavy atom. The number of anilines is 12. The van der Waals surface area contributed by atoms with Crippen molar-refractivity contribution in [2.75, 3.05) is 84.1 Å². The quantitative estimate of drug-likeness (QED) is 0.0146. The van der Waals surface area contributed by atoms with Gasteiger partial charge in [0, 0.05) is 109 Å². The number of carboxylic acids is 1. The van der Waals surface area contributed by atoms with Crippen LogP contribution in [0.15, 0.2) is 213 Å². The van der Waals surface area contributed by atoms with Crippen molar-refractivity contribution < 1.29 is 95.9 Å². The monoisotopic (exact) mass is 1800 g/mol. The number of nitrogens with zero attached hydrogens (tertiary/aromatic N) is 15. The molecule has 0 saturated carbocycles. The number of nitrogens with two attached hydrogens (primary N) is 1. The summed E-state index contributed by atoms with van der Waals surface area (Å²) in [5.41, 5.74) is 14.4. The number of aromatic carboxylic acids is 1. The Kier molecular flexibility index (Phi) is 32.2. The molecule has 46 heteroatoms. The number of nitrogens with one attached hydrogen (secondary N) is 11. The molecule has 2 aliphatic rings. The van der Waals surface area contributed by atoms with E-state index < -0.39 is 11.9 Å². The maximum Gasteiger partial charge on any atom is 1.00 e. The van der Waals surface area contributed by atoms with Gasteiger partial charge in [-0.25, -0.2) is 29.5 Å². The van der Waals surface area contributed by atoms with E-state index in [2.05, 4.69) is 134 Å². The van der Waals surface area contributed by atoms with Gasteiger partial charge < -0.3 is 95.0 Å². The zero-order chi connectivity index (χ0) is 85.7. The second-order valence-electron chi connectivity index (χ2n) is 26.1. The van der Waals surface area contributed by atoms with Crippen molar-refractivity contribution in [3.63, 3.8) is 0 Å². The number of methoxy groups -OCH3 is 4. The van der Waals surface area contributed by atoms with Crippen LogP contribution in [0.4, 0.5) is 69.6 Å². The summed E-state index contributed by atoms with van der Waals surface area (Å²) in [5.74, 6) is 3.27. The molecular weight excluding hydrogens is 1730 g/mol. The number of carbonyl (C=O) groups is 4. The molecule has 0 aliphatic carbocycles. The van der Waals surface area contributed by atoms with Gasteiger partial charge >= 0.3 is 41.5 Å². The van der Waals surface area contributed by atoms with Crippen LogP contribution in [-0.2, 0) is 4.74 Å². The van der Waals surface area contributed by atoms with Gasteiger partial charge in [-0.15, -0.1) is 12.4 Å². The van der Waals surface area contributed by atoms with Crippen LogP contribution in [0.3, 0.4) is 0 Å². The minimum atomic E-state index is -1.11. The normalized spacial score (nSPS) is 12.8. The Labute approximate surface area is 755 Å². The van der Waals surface area contributed by atoms with E-state index in [1.807, 2.05) is 54.7 Å². The number of aromatic amines is 4. The van der Waals surface area contributed by atoms with E-state index in [1.165, 1.54) is 56.6 Å². The van der Waals surface area contributed by atoms with Crippen molar-refractivity contribution in [2.24, 2.45) is 0 Å². The number of aromatic nitrogens is 18. The smallest absolute Gasteiger partial charge is 0.870 e. The Bertz CT molecular complexity index is 6490. The van der Waals surface area contributed by atoms with Crippen molar-refractivity contribution in [1.82, 2.24) is 95.9 Å². The van der Waals surface area contributed by atoms with Crippen LogP contribution in [0.5, 0.6) is 17.2 Å².